The molecule has 1 aliphatic rings. The van der Waals surface area contributed by atoms with Crippen LogP contribution in [-0.4, -0.2) is 28.4 Å². The Labute approximate surface area is 217 Å². The van der Waals surface area contributed by atoms with Crippen LogP contribution in [0.3, 0.4) is 0 Å². The normalized spacial score (nSPS) is 13.7. The quantitative estimate of drug-likeness (QED) is 0.290. The topological polar surface area (TPSA) is 83.8 Å². The number of anilines is 1. The van der Waals surface area contributed by atoms with E-state index in [1.54, 1.807) is 0 Å². The Morgan fingerprint density at radius 2 is 1.89 bits per heavy atom. The van der Waals surface area contributed by atoms with E-state index in [0.29, 0.717) is 11.4 Å². The number of carbonyl (C=O) groups is 1. The van der Waals surface area contributed by atoms with Gasteiger partial charge in [-0.2, -0.15) is 5.10 Å². The van der Waals surface area contributed by atoms with E-state index in [9.17, 15) is 4.79 Å². The zero-order valence-electron chi connectivity index (χ0n) is 20.7. The molecule has 1 amide bonds. The summed E-state index contributed by atoms with van der Waals surface area (Å²) in [7, 11) is 0. The van der Waals surface area contributed by atoms with Gasteiger partial charge < -0.3 is 15.0 Å². The van der Waals surface area contributed by atoms with Crippen molar-refractivity contribution in [2.75, 3.05) is 11.9 Å². The smallest absolute Gasteiger partial charge is 0.262 e. The van der Waals surface area contributed by atoms with Gasteiger partial charge in [0.2, 0.25) is 4.80 Å². The second kappa shape index (κ2) is 9.22. The van der Waals surface area contributed by atoms with Gasteiger partial charge in [-0.05, 0) is 68.3 Å². The first-order chi connectivity index (χ1) is 18.0. The van der Waals surface area contributed by atoms with Crippen LogP contribution in [0.2, 0.25) is 0 Å². The van der Waals surface area contributed by atoms with Crippen LogP contribution < -0.4 is 14.9 Å². The summed E-state index contributed by atoms with van der Waals surface area (Å²) in [4.78, 5) is 21.0. The molecule has 8 heteroatoms. The molecule has 0 saturated heterocycles. The lowest BCUT2D eigenvalue weighted by Crippen LogP contribution is -2.25. The minimum absolute atomic E-state index is 0.0259. The zero-order valence-corrected chi connectivity index (χ0v) is 21.5. The summed E-state index contributed by atoms with van der Waals surface area (Å²) >= 11 is 1.52. The summed E-state index contributed by atoms with van der Waals surface area (Å²) in [5, 5.41) is 11.0. The van der Waals surface area contributed by atoms with Gasteiger partial charge in [-0.15, -0.1) is 11.3 Å². The number of para-hydroxylation sites is 1. The van der Waals surface area contributed by atoms with Crippen molar-refractivity contribution in [2.24, 2.45) is 10.1 Å². The van der Waals surface area contributed by atoms with Crippen LogP contribution in [-0.2, 0) is 4.79 Å². The summed E-state index contributed by atoms with van der Waals surface area (Å²) in [5.74, 6) is 0.490. The van der Waals surface area contributed by atoms with E-state index in [2.05, 4.69) is 48.4 Å². The summed E-state index contributed by atoms with van der Waals surface area (Å²) in [6, 6.07) is 20.1. The first kappa shape index (κ1) is 23.0. The SMILES string of the molecule is Cc1ccc(N=c2scc(-c3ccc4c(c3)NC(=O)CO4)n2N=Cc2c(C)[nH]c3ccccc23)cc1C. The predicted molar refractivity (Wildman–Crippen MR) is 149 cm³/mol. The summed E-state index contributed by atoms with van der Waals surface area (Å²) < 4.78 is 7.40. The predicted octanol–water partition coefficient (Wildman–Crippen LogP) is 6.07. The van der Waals surface area contributed by atoms with Crippen LogP contribution in [0, 0.1) is 20.8 Å². The average molecular weight is 508 g/mol. The Morgan fingerprint density at radius 1 is 1.03 bits per heavy atom. The lowest BCUT2D eigenvalue weighted by Gasteiger charge is -2.18. The molecule has 0 bridgehead atoms. The highest BCUT2D eigenvalue weighted by Gasteiger charge is 2.18. The fraction of sp³-hybridized carbons (Fsp3) is 0.138. The van der Waals surface area contributed by atoms with Crippen molar-refractivity contribution in [3.63, 3.8) is 0 Å². The number of H-pyrrole nitrogens is 1. The molecule has 0 aliphatic carbocycles. The molecule has 6 rings (SSSR count). The van der Waals surface area contributed by atoms with Gasteiger partial charge in [-0.1, -0.05) is 24.3 Å². The molecule has 184 valence electrons. The number of nitrogens with zero attached hydrogens (tertiary/aromatic N) is 3. The van der Waals surface area contributed by atoms with Gasteiger partial charge in [-0.3, -0.25) is 4.79 Å². The van der Waals surface area contributed by atoms with Gasteiger partial charge in [0, 0.05) is 33.1 Å². The maximum Gasteiger partial charge on any atom is 0.262 e. The van der Waals surface area contributed by atoms with E-state index in [1.807, 2.05) is 59.6 Å². The molecular formula is C29H25N5O2S. The molecular weight excluding hydrogens is 482 g/mol. The van der Waals surface area contributed by atoms with E-state index in [1.165, 1.54) is 22.5 Å². The van der Waals surface area contributed by atoms with Gasteiger partial charge in [0.1, 0.15) is 5.75 Å². The second-order valence-corrected chi connectivity index (χ2v) is 9.93. The highest BCUT2D eigenvalue weighted by Crippen LogP contribution is 2.33. The largest absolute Gasteiger partial charge is 0.482 e. The van der Waals surface area contributed by atoms with Crippen LogP contribution in [0.1, 0.15) is 22.4 Å². The maximum atomic E-state index is 11.9. The summed E-state index contributed by atoms with van der Waals surface area (Å²) in [6.07, 6.45) is 1.88. The summed E-state index contributed by atoms with van der Waals surface area (Å²) in [5.41, 5.74) is 8.84. The van der Waals surface area contributed by atoms with E-state index >= 15 is 0 Å². The Bertz CT molecular complexity index is 1770. The van der Waals surface area contributed by atoms with Crippen LogP contribution in [0.4, 0.5) is 11.4 Å². The van der Waals surface area contributed by atoms with E-state index in [4.69, 9.17) is 14.8 Å². The minimum atomic E-state index is -0.166. The van der Waals surface area contributed by atoms with E-state index in [-0.39, 0.29) is 12.5 Å². The van der Waals surface area contributed by atoms with Crippen molar-refractivity contribution < 1.29 is 9.53 Å². The van der Waals surface area contributed by atoms with Crippen molar-refractivity contribution in [3.8, 4) is 17.0 Å². The van der Waals surface area contributed by atoms with Crippen molar-refractivity contribution in [1.29, 1.82) is 0 Å². The number of nitrogens with one attached hydrogen (secondary N) is 2. The van der Waals surface area contributed by atoms with Crippen molar-refractivity contribution >= 4 is 45.7 Å². The number of ether oxygens (including phenoxy) is 1. The number of carbonyl (C=O) groups excluding carboxylic acids is 1. The molecule has 1 aliphatic heterocycles. The zero-order chi connectivity index (χ0) is 25.5. The number of hydrogen-bond donors (Lipinski definition) is 2. The highest BCUT2D eigenvalue weighted by atomic mass is 32.1. The number of benzene rings is 3. The fourth-order valence-corrected chi connectivity index (χ4v) is 5.27. The third kappa shape index (κ3) is 4.36. The number of rotatable bonds is 4. The number of fused-ring (bicyclic) bond motifs is 2. The minimum Gasteiger partial charge on any atom is -0.482 e. The standard InChI is InChI=1S/C29H25N5O2S/c1-17-8-10-21(12-18(17)2)32-29-34(30-14-23-19(3)31-24-7-5-4-6-22(23)24)26(16-37-29)20-9-11-27-25(13-20)33-28(35)15-36-27/h4-14,16,31H,15H2,1-3H3,(H,33,35). The number of hydrogen-bond acceptors (Lipinski definition) is 5. The number of thiazole rings is 1. The Morgan fingerprint density at radius 3 is 2.76 bits per heavy atom. The molecule has 3 heterocycles. The molecule has 0 saturated carbocycles. The Hall–Kier alpha value is -4.43. The number of aryl methyl sites for hydroxylation is 3. The molecule has 2 aromatic heterocycles. The Balaban J connectivity index is 1.51. The van der Waals surface area contributed by atoms with Crippen molar-refractivity contribution in [2.45, 2.75) is 20.8 Å². The first-order valence-electron chi connectivity index (χ1n) is 12.0. The number of aromatic nitrogens is 2. The van der Waals surface area contributed by atoms with Crippen LogP contribution in [0.25, 0.3) is 22.2 Å². The molecule has 5 aromatic rings. The molecule has 37 heavy (non-hydrogen) atoms. The Kier molecular flexibility index (Phi) is 5.73. The molecule has 2 N–H and O–H groups in total. The molecule has 0 unspecified atom stereocenters. The first-order valence-corrected chi connectivity index (χ1v) is 12.9. The fourth-order valence-electron chi connectivity index (χ4n) is 4.42. The van der Waals surface area contributed by atoms with Gasteiger partial charge in [0.15, 0.2) is 6.61 Å². The second-order valence-electron chi connectivity index (χ2n) is 9.10. The monoisotopic (exact) mass is 507 g/mol. The molecule has 0 spiro atoms. The lowest BCUT2D eigenvalue weighted by atomic mass is 10.1. The number of amides is 1. The molecule has 0 radical (unpaired) electrons. The van der Waals surface area contributed by atoms with Gasteiger partial charge in [0.25, 0.3) is 5.91 Å². The highest BCUT2D eigenvalue weighted by molar-refractivity contribution is 7.07. The summed E-state index contributed by atoms with van der Waals surface area (Å²) in [6.45, 7) is 6.25. The van der Waals surface area contributed by atoms with Crippen molar-refractivity contribution in [1.82, 2.24) is 9.66 Å². The molecule has 0 atom stereocenters. The van der Waals surface area contributed by atoms with E-state index in [0.717, 1.165) is 43.9 Å². The number of aromatic amines is 1. The van der Waals surface area contributed by atoms with Gasteiger partial charge >= 0.3 is 0 Å². The molecule has 7 nitrogen and oxygen atoms in total. The maximum absolute atomic E-state index is 11.9. The third-order valence-electron chi connectivity index (χ3n) is 6.55. The third-order valence-corrected chi connectivity index (χ3v) is 7.37. The van der Waals surface area contributed by atoms with Crippen molar-refractivity contribution in [3.05, 3.63) is 93.2 Å². The average Bonchev–Trinajstić information content (AvgIpc) is 3.43. The van der Waals surface area contributed by atoms with Gasteiger partial charge in [0.05, 0.1) is 23.3 Å². The van der Waals surface area contributed by atoms with Crippen LogP contribution in [0.15, 0.2) is 76.1 Å². The molecule has 0 fully saturated rings. The van der Waals surface area contributed by atoms with Crippen LogP contribution in [0.5, 0.6) is 5.75 Å². The van der Waals surface area contributed by atoms with Crippen LogP contribution >= 0.6 is 11.3 Å². The lowest BCUT2D eigenvalue weighted by molar-refractivity contribution is -0.118. The molecule has 3 aromatic carbocycles. The van der Waals surface area contributed by atoms with E-state index < -0.39 is 0 Å². The van der Waals surface area contributed by atoms with Gasteiger partial charge in [-0.25, -0.2) is 9.67 Å².